The second-order valence-electron chi connectivity index (χ2n) is 14.1. The van der Waals surface area contributed by atoms with Gasteiger partial charge in [-0.25, -0.2) is 0 Å². The quantitative estimate of drug-likeness (QED) is 0.0504. The Morgan fingerprint density at radius 1 is 0.422 bits per heavy atom. The summed E-state index contributed by atoms with van der Waals surface area (Å²) in [6.07, 6.45) is 39.3. The summed E-state index contributed by atoms with van der Waals surface area (Å²) in [6, 6.07) is 0. The molecule has 5 nitrogen and oxygen atoms in total. The van der Waals surface area contributed by atoms with Crippen molar-refractivity contribution in [2.24, 2.45) is 5.92 Å². The fraction of sp³-hybridized carbons (Fsp3) is 0.975. The van der Waals surface area contributed by atoms with Gasteiger partial charge in [-0.1, -0.05) is 213 Å². The van der Waals surface area contributed by atoms with Crippen LogP contribution in [-0.4, -0.2) is 39.9 Å². The van der Waals surface area contributed by atoms with E-state index in [1.165, 1.54) is 167 Å². The van der Waals surface area contributed by atoms with Crippen LogP contribution in [0.4, 0.5) is 0 Å². The molecule has 0 amide bonds. The van der Waals surface area contributed by atoms with E-state index in [1.807, 2.05) is 0 Å². The van der Waals surface area contributed by atoms with E-state index in [2.05, 4.69) is 13.8 Å². The topological polar surface area (TPSA) is 113 Å². The van der Waals surface area contributed by atoms with Gasteiger partial charge in [0.15, 0.2) is 5.78 Å². The summed E-state index contributed by atoms with van der Waals surface area (Å²) in [4.78, 5) is 12.7. The third-order valence-corrected chi connectivity index (χ3v) is 9.79. The van der Waals surface area contributed by atoms with Gasteiger partial charge in [-0.3, -0.25) is 4.79 Å². The highest BCUT2D eigenvalue weighted by Gasteiger charge is 2.30. The summed E-state index contributed by atoms with van der Waals surface area (Å²) in [7, 11) is 0. The predicted octanol–water partition coefficient (Wildman–Crippen LogP) is 12.0. The molecule has 272 valence electrons. The Bertz CT molecular complexity index is 572. The summed E-state index contributed by atoms with van der Waals surface area (Å²) in [5.74, 6) is -1.22. The molecule has 6 N–H and O–H groups in total. The van der Waals surface area contributed by atoms with Gasteiger partial charge in [0.2, 0.25) is 0 Å². The third kappa shape index (κ3) is 31.9. The van der Waals surface area contributed by atoms with Gasteiger partial charge in [-0.15, -0.1) is 0 Å². The van der Waals surface area contributed by atoms with Crippen LogP contribution in [0.2, 0.25) is 0 Å². The molecule has 0 aliphatic carbocycles. The van der Waals surface area contributed by atoms with Crippen molar-refractivity contribution in [1.82, 2.24) is 6.15 Å². The maximum absolute atomic E-state index is 12.7. The number of carbonyl (C=O) groups excluding carboxylic acids is 1. The van der Waals surface area contributed by atoms with Crippen molar-refractivity contribution < 1.29 is 20.1 Å². The Kier molecular flexibility index (Phi) is 39.3. The molecule has 0 aromatic rings. The zero-order chi connectivity index (χ0) is 32.4. The van der Waals surface area contributed by atoms with E-state index in [9.17, 15) is 20.1 Å². The maximum Gasteiger partial charge on any atom is 0.169 e. The number of carbonyl (C=O) groups is 1. The van der Waals surface area contributed by atoms with Gasteiger partial charge in [0, 0.05) is 0 Å². The van der Waals surface area contributed by atoms with Crippen molar-refractivity contribution >= 4 is 5.78 Å². The highest BCUT2D eigenvalue weighted by molar-refractivity contribution is 5.85. The van der Waals surface area contributed by atoms with Crippen molar-refractivity contribution in [1.29, 1.82) is 0 Å². The van der Waals surface area contributed by atoms with Gasteiger partial charge in [-0.2, -0.15) is 0 Å². The monoisotopic (exact) mass is 642 g/mol. The van der Waals surface area contributed by atoms with Crippen LogP contribution in [0.3, 0.4) is 0 Å². The first-order valence-corrected chi connectivity index (χ1v) is 20.1. The van der Waals surface area contributed by atoms with Crippen LogP contribution in [-0.2, 0) is 4.79 Å². The van der Waals surface area contributed by atoms with Gasteiger partial charge in [0.1, 0.15) is 6.10 Å². The number of aliphatic hydroxyl groups is 3. The Hall–Kier alpha value is -0.490. The Morgan fingerprint density at radius 2 is 0.667 bits per heavy atom. The lowest BCUT2D eigenvalue weighted by Gasteiger charge is -2.22. The zero-order valence-electron chi connectivity index (χ0n) is 30.7. The molecule has 0 spiro atoms. The van der Waals surface area contributed by atoms with Crippen molar-refractivity contribution in [3.8, 4) is 0 Å². The molecule has 0 heterocycles. The summed E-state index contributed by atoms with van der Waals surface area (Å²) in [5.41, 5.74) is 0. The molecule has 0 fully saturated rings. The standard InChI is InChI=1S/C40H80O4.H3N/c1-3-5-7-9-11-13-15-17-18-19-20-21-23-25-27-29-31-33-35-39(43)40(44)37(36-41)38(42)34-32-30-28-26-24-22-16-14-12-10-8-6-4-2;/h37-39,41-43H,3-36H2,1-2H3;1H3. The first kappa shape index (κ1) is 46.6. The van der Waals surface area contributed by atoms with Crippen LogP contribution in [0.5, 0.6) is 0 Å². The molecule has 0 aromatic heterocycles. The lowest BCUT2D eigenvalue weighted by atomic mass is 9.89. The van der Waals surface area contributed by atoms with E-state index in [0.717, 1.165) is 32.1 Å². The first-order valence-electron chi connectivity index (χ1n) is 20.1. The van der Waals surface area contributed by atoms with E-state index in [1.54, 1.807) is 0 Å². The molecule has 0 radical (unpaired) electrons. The van der Waals surface area contributed by atoms with Crippen LogP contribution in [0.25, 0.3) is 0 Å². The average Bonchev–Trinajstić information content (AvgIpc) is 3.02. The molecule has 3 unspecified atom stereocenters. The van der Waals surface area contributed by atoms with Gasteiger partial charge in [0.05, 0.1) is 18.6 Å². The zero-order valence-corrected chi connectivity index (χ0v) is 30.7. The largest absolute Gasteiger partial charge is 0.396 e. The first-order chi connectivity index (χ1) is 21.6. The maximum atomic E-state index is 12.7. The fourth-order valence-electron chi connectivity index (χ4n) is 6.60. The smallest absolute Gasteiger partial charge is 0.169 e. The number of Topliss-reactive ketones (excluding diaryl/α,β-unsaturated/α-hetero) is 1. The van der Waals surface area contributed by atoms with Gasteiger partial charge < -0.3 is 21.5 Å². The van der Waals surface area contributed by atoms with Crippen LogP contribution in [0, 0.1) is 5.92 Å². The number of hydrogen-bond acceptors (Lipinski definition) is 5. The lowest BCUT2D eigenvalue weighted by molar-refractivity contribution is -0.137. The van der Waals surface area contributed by atoms with Crippen molar-refractivity contribution in [2.45, 2.75) is 238 Å². The van der Waals surface area contributed by atoms with Crippen LogP contribution >= 0.6 is 0 Å². The molecule has 0 saturated carbocycles. The molecular weight excluding hydrogens is 558 g/mol. The highest BCUT2D eigenvalue weighted by atomic mass is 16.3. The normalized spacial score (nSPS) is 13.4. The molecule has 5 heteroatoms. The van der Waals surface area contributed by atoms with Crippen LogP contribution < -0.4 is 6.15 Å². The summed E-state index contributed by atoms with van der Waals surface area (Å²) in [5, 5.41) is 30.7. The summed E-state index contributed by atoms with van der Waals surface area (Å²) in [6.45, 7) is 4.16. The second kappa shape index (κ2) is 38.0. The lowest BCUT2D eigenvalue weighted by Crippen LogP contribution is -2.38. The van der Waals surface area contributed by atoms with Crippen molar-refractivity contribution in [2.75, 3.05) is 6.61 Å². The van der Waals surface area contributed by atoms with Crippen LogP contribution in [0.1, 0.15) is 226 Å². The molecular formula is C40H83NO4. The van der Waals surface area contributed by atoms with E-state index in [4.69, 9.17) is 0 Å². The van der Waals surface area contributed by atoms with E-state index >= 15 is 0 Å². The summed E-state index contributed by atoms with van der Waals surface area (Å²) < 4.78 is 0. The SMILES string of the molecule is CCCCCCCCCCCCCCCCCCCCC(O)C(=O)C(CO)C(O)CCCCCCCCCCCCCCC.N. The molecule has 45 heavy (non-hydrogen) atoms. The van der Waals surface area contributed by atoms with Gasteiger partial charge in [-0.05, 0) is 12.8 Å². The van der Waals surface area contributed by atoms with Crippen molar-refractivity contribution in [3.05, 3.63) is 0 Å². The average molecular weight is 642 g/mol. The Labute approximate surface area is 282 Å². The van der Waals surface area contributed by atoms with Crippen molar-refractivity contribution in [3.63, 3.8) is 0 Å². The van der Waals surface area contributed by atoms with Gasteiger partial charge >= 0.3 is 0 Å². The number of unbranched alkanes of at least 4 members (excludes halogenated alkanes) is 29. The molecule has 0 rings (SSSR count). The number of ketones is 1. The molecule has 0 aromatic carbocycles. The second-order valence-corrected chi connectivity index (χ2v) is 14.1. The number of rotatable bonds is 37. The molecule has 0 saturated heterocycles. The molecule has 0 aliphatic rings. The van der Waals surface area contributed by atoms with E-state index < -0.39 is 18.1 Å². The van der Waals surface area contributed by atoms with Crippen LogP contribution in [0.15, 0.2) is 0 Å². The minimum atomic E-state index is -1.06. The third-order valence-electron chi connectivity index (χ3n) is 9.79. The molecule has 0 bridgehead atoms. The Morgan fingerprint density at radius 3 is 0.933 bits per heavy atom. The van der Waals surface area contributed by atoms with Gasteiger partial charge in [0.25, 0.3) is 0 Å². The minimum absolute atomic E-state index is 0. The minimum Gasteiger partial charge on any atom is -0.396 e. The van der Waals surface area contributed by atoms with E-state index in [-0.39, 0.29) is 18.5 Å². The highest BCUT2D eigenvalue weighted by Crippen LogP contribution is 2.19. The predicted molar refractivity (Wildman–Crippen MR) is 196 cm³/mol. The number of hydrogen-bond donors (Lipinski definition) is 4. The summed E-state index contributed by atoms with van der Waals surface area (Å²) >= 11 is 0. The molecule has 0 aliphatic heterocycles. The van der Waals surface area contributed by atoms with E-state index in [0.29, 0.717) is 12.8 Å². The fourth-order valence-corrected chi connectivity index (χ4v) is 6.60. The number of aliphatic hydroxyl groups excluding tert-OH is 3. The Balaban J connectivity index is 0. The molecule has 3 atom stereocenters.